The number of carboxylic acids is 1. The first-order valence-corrected chi connectivity index (χ1v) is 9.64. The highest BCUT2D eigenvalue weighted by Gasteiger charge is 2.14. The van der Waals surface area contributed by atoms with Crippen LogP contribution in [0.1, 0.15) is 10.4 Å². The average molecular weight is 467 g/mol. The molecule has 0 saturated heterocycles. The van der Waals surface area contributed by atoms with Gasteiger partial charge >= 0.3 is 5.97 Å². The summed E-state index contributed by atoms with van der Waals surface area (Å²) in [4.78, 5) is 23.5. The van der Waals surface area contributed by atoms with Gasteiger partial charge in [0.25, 0.3) is 5.91 Å². The topological polar surface area (TPSA) is 84.9 Å². The number of aromatic carboxylic acids is 1. The summed E-state index contributed by atoms with van der Waals surface area (Å²) in [6, 6.07) is 15.4. The maximum Gasteiger partial charge on any atom is 0.337 e. The summed E-state index contributed by atoms with van der Waals surface area (Å²) >= 11 is 18.1. The molecule has 154 valence electrons. The molecule has 0 heterocycles. The van der Waals surface area contributed by atoms with Gasteiger partial charge in [-0.15, -0.1) is 0 Å². The normalized spacial score (nSPS) is 10.4. The Morgan fingerprint density at radius 1 is 0.867 bits per heavy atom. The first kappa shape index (κ1) is 21.8. The van der Waals surface area contributed by atoms with Gasteiger partial charge in [-0.3, -0.25) is 4.79 Å². The van der Waals surface area contributed by atoms with Crippen LogP contribution in [-0.4, -0.2) is 23.6 Å². The van der Waals surface area contributed by atoms with E-state index in [1.54, 1.807) is 36.4 Å². The fraction of sp³-hybridized carbons (Fsp3) is 0.0476. The van der Waals surface area contributed by atoms with Crippen molar-refractivity contribution in [3.05, 3.63) is 81.3 Å². The zero-order valence-corrected chi connectivity index (χ0v) is 17.5. The number of nitrogens with one attached hydrogen (secondary N) is 1. The van der Waals surface area contributed by atoms with Crippen molar-refractivity contribution < 1.29 is 24.2 Å². The fourth-order valence-electron chi connectivity index (χ4n) is 2.46. The zero-order valence-electron chi connectivity index (χ0n) is 15.2. The van der Waals surface area contributed by atoms with Crippen LogP contribution in [0, 0.1) is 0 Å². The smallest absolute Gasteiger partial charge is 0.337 e. The molecule has 0 spiro atoms. The van der Waals surface area contributed by atoms with Crippen molar-refractivity contribution in [2.24, 2.45) is 0 Å². The number of carboxylic acid groups (broad SMARTS) is 1. The first-order valence-electron chi connectivity index (χ1n) is 8.51. The van der Waals surface area contributed by atoms with Crippen LogP contribution in [0.5, 0.6) is 17.2 Å². The van der Waals surface area contributed by atoms with Gasteiger partial charge in [-0.2, -0.15) is 0 Å². The highest BCUT2D eigenvalue weighted by Crippen LogP contribution is 2.37. The molecule has 0 aliphatic heterocycles. The Balaban J connectivity index is 1.73. The summed E-state index contributed by atoms with van der Waals surface area (Å²) in [6.45, 7) is -0.404. The molecule has 3 aromatic rings. The molecule has 0 unspecified atom stereocenters. The van der Waals surface area contributed by atoms with Gasteiger partial charge in [0.2, 0.25) is 0 Å². The van der Waals surface area contributed by atoms with Gasteiger partial charge in [-0.25, -0.2) is 4.79 Å². The molecule has 0 aromatic heterocycles. The summed E-state index contributed by atoms with van der Waals surface area (Å²) in [5.41, 5.74) is 0.129. The van der Waals surface area contributed by atoms with E-state index < -0.39 is 18.5 Å². The fourth-order valence-corrected chi connectivity index (χ4v) is 3.07. The second-order valence-corrected chi connectivity index (χ2v) is 7.24. The molecule has 0 atom stereocenters. The third kappa shape index (κ3) is 5.57. The number of carbonyl (C=O) groups is 2. The van der Waals surface area contributed by atoms with E-state index in [4.69, 9.17) is 44.3 Å². The number of amides is 1. The van der Waals surface area contributed by atoms with Crippen LogP contribution in [-0.2, 0) is 4.79 Å². The molecular weight excluding hydrogens is 453 g/mol. The summed E-state index contributed by atoms with van der Waals surface area (Å²) in [7, 11) is 0. The molecule has 0 saturated carbocycles. The van der Waals surface area contributed by atoms with Crippen LogP contribution < -0.4 is 14.8 Å². The molecule has 0 radical (unpaired) electrons. The quantitative estimate of drug-likeness (QED) is 0.436. The van der Waals surface area contributed by atoms with Gasteiger partial charge < -0.3 is 19.9 Å². The second-order valence-electron chi connectivity index (χ2n) is 5.96. The van der Waals surface area contributed by atoms with E-state index in [0.717, 1.165) is 0 Å². The number of anilines is 1. The first-order chi connectivity index (χ1) is 14.3. The van der Waals surface area contributed by atoms with Crippen molar-refractivity contribution in [1.82, 2.24) is 0 Å². The SMILES string of the molecule is O=C(COc1cc(Cl)ccc1Oc1ccc(Cl)cc1Cl)Nc1ccccc1C(=O)O. The summed E-state index contributed by atoms with van der Waals surface area (Å²) in [5.74, 6) is -0.887. The van der Waals surface area contributed by atoms with Crippen LogP contribution in [0.3, 0.4) is 0 Å². The second kappa shape index (κ2) is 9.71. The van der Waals surface area contributed by atoms with Gasteiger partial charge in [0.05, 0.1) is 16.3 Å². The van der Waals surface area contributed by atoms with Crippen molar-refractivity contribution in [2.75, 3.05) is 11.9 Å². The molecular formula is C21H14Cl3NO5. The van der Waals surface area contributed by atoms with Crippen LogP contribution >= 0.6 is 34.8 Å². The van der Waals surface area contributed by atoms with Gasteiger partial charge in [0, 0.05) is 16.1 Å². The maximum atomic E-state index is 12.3. The standard InChI is InChI=1S/C21H14Cl3NO5/c22-12-5-7-17(15(24)9-12)30-18-8-6-13(23)10-19(18)29-11-20(26)25-16-4-2-1-3-14(16)21(27)28/h1-10H,11H2,(H,25,26)(H,27,28). The maximum absolute atomic E-state index is 12.3. The third-order valence-electron chi connectivity index (χ3n) is 3.81. The van der Waals surface area contributed by atoms with Gasteiger partial charge in [0.15, 0.2) is 18.1 Å². The number of hydrogen-bond donors (Lipinski definition) is 2. The van der Waals surface area contributed by atoms with E-state index in [2.05, 4.69) is 5.32 Å². The van der Waals surface area contributed by atoms with E-state index in [1.807, 2.05) is 0 Å². The van der Waals surface area contributed by atoms with Gasteiger partial charge in [-0.1, -0.05) is 46.9 Å². The van der Waals surface area contributed by atoms with Crippen LogP contribution in [0.25, 0.3) is 0 Å². The Kier molecular flexibility index (Phi) is 7.05. The molecule has 2 N–H and O–H groups in total. The Bertz CT molecular complexity index is 1100. The Morgan fingerprint density at radius 2 is 1.53 bits per heavy atom. The number of para-hydroxylation sites is 1. The number of carbonyl (C=O) groups excluding carboxylic acids is 1. The van der Waals surface area contributed by atoms with Crippen LogP contribution in [0.2, 0.25) is 15.1 Å². The summed E-state index contributed by atoms with van der Waals surface area (Å²) in [6.07, 6.45) is 0. The lowest BCUT2D eigenvalue weighted by molar-refractivity contribution is -0.118. The van der Waals surface area contributed by atoms with Crippen molar-refractivity contribution >= 4 is 52.4 Å². The Hall–Kier alpha value is -2.93. The lowest BCUT2D eigenvalue weighted by Crippen LogP contribution is -2.21. The summed E-state index contributed by atoms with van der Waals surface area (Å²) < 4.78 is 11.3. The third-order valence-corrected chi connectivity index (χ3v) is 4.58. The number of ether oxygens (including phenoxy) is 2. The Morgan fingerprint density at radius 3 is 2.23 bits per heavy atom. The molecule has 3 aromatic carbocycles. The van der Waals surface area contributed by atoms with E-state index in [9.17, 15) is 14.7 Å². The summed E-state index contributed by atoms with van der Waals surface area (Å²) in [5, 5.41) is 12.8. The van der Waals surface area contributed by atoms with Crippen LogP contribution in [0.15, 0.2) is 60.7 Å². The number of benzene rings is 3. The molecule has 0 aliphatic rings. The number of rotatable bonds is 7. The van der Waals surface area contributed by atoms with Crippen molar-refractivity contribution in [3.8, 4) is 17.2 Å². The highest BCUT2D eigenvalue weighted by molar-refractivity contribution is 6.35. The highest BCUT2D eigenvalue weighted by atomic mass is 35.5. The molecule has 0 aliphatic carbocycles. The predicted molar refractivity (Wildman–Crippen MR) is 116 cm³/mol. The average Bonchev–Trinajstić information content (AvgIpc) is 2.70. The minimum Gasteiger partial charge on any atom is -0.480 e. The number of hydrogen-bond acceptors (Lipinski definition) is 4. The van der Waals surface area contributed by atoms with E-state index in [-0.39, 0.29) is 22.7 Å². The van der Waals surface area contributed by atoms with Gasteiger partial charge in [-0.05, 0) is 42.5 Å². The minimum absolute atomic E-state index is 0.0324. The zero-order chi connectivity index (χ0) is 21.7. The van der Waals surface area contributed by atoms with E-state index >= 15 is 0 Å². The van der Waals surface area contributed by atoms with Crippen molar-refractivity contribution in [2.45, 2.75) is 0 Å². The molecule has 6 nitrogen and oxygen atoms in total. The molecule has 9 heteroatoms. The van der Waals surface area contributed by atoms with Gasteiger partial charge in [0.1, 0.15) is 5.75 Å². The molecule has 0 fully saturated rings. The number of halogens is 3. The lowest BCUT2D eigenvalue weighted by Gasteiger charge is -2.14. The minimum atomic E-state index is -1.16. The molecule has 0 bridgehead atoms. The largest absolute Gasteiger partial charge is 0.480 e. The van der Waals surface area contributed by atoms with Crippen LogP contribution in [0.4, 0.5) is 5.69 Å². The lowest BCUT2D eigenvalue weighted by atomic mass is 10.2. The Labute approximate surface area is 186 Å². The van der Waals surface area contributed by atoms with Crippen molar-refractivity contribution in [1.29, 1.82) is 0 Å². The molecule has 3 rings (SSSR count). The van der Waals surface area contributed by atoms with E-state index in [1.165, 1.54) is 24.3 Å². The van der Waals surface area contributed by atoms with Crippen molar-refractivity contribution in [3.63, 3.8) is 0 Å². The van der Waals surface area contributed by atoms with E-state index in [0.29, 0.717) is 20.8 Å². The molecule has 30 heavy (non-hydrogen) atoms. The molecule has 1 amide bonds. The predicted octanol–water partition coefficient (Wildman–Crippen LogP) is 6.15. The monoisotopic (exact) mass is 465 g/mol.